The highest BCUT2D eigenvalue weighted by Gasteiger charge is 2.11. The molecule has 0 atom stereocenters. The van der Waals surface area contributed by atoms with Crippen LogP contribution in [-0.4, -0.2) is 19.9 Å². The van der Waals surface area contributed by atoms with E-state index >= 15 is 0 Å². The SMILES string of the molecule is Cn1nncc1CNc1ccc([N+](=O)[O-])c(Br)c1. The van der Waals surface area contributed by atoms with Gasteiger partial charge in [0.15, 0.2) is 0 Å². The first-order valence-electron chi connectivity index (χ1n) is 5.09. The van der Waals surface area contributed by atoms with Gasteiger partial charge in [0, 0.05) is 18.8 Å². The van der Waals surface area contributed by atoms with E-state index in [1.165, 1.54) is 6.07 Å². The van der Waals surface area contributed by atoms with Crippen molar-refractivity contribution in [1.29, 1.82) is 0 Å². The van der Waals surface area contributed by atoms with Crippen LogP contribution < -0.4 is 5.32 Å². The third kappa shape index (κ3) is 2.65. The van der Waals surface area contributed by atoms with Crippen LogP contribution in [0.5, 0.6) is 0 Å². The molecule has 0 aliphatic heterocycles. The van der Waals surface area contributed by atoms with E-state index in [1.807, 2.05) is 0 Å². The van der Waals surface area contributed by atoms with Crippen LogP contribution in [0.3, 0.4) is 0 Å². The van der Waals surface area contributed by atoms with E-state index in [4.69, 9.17) is 0 Å². The Morgan fingerprint density at radius 2 is 2.33 bits per heavy atom. The molecule has 2 aromatic rings. The van der Waals surface area contributed by atoms with Gasteiger partial charge in [-0.25, -0.2) is 0 Å². The molecular formula is C10H10BrN5O2. The highest BCUT2D eigenvalue weighted by atomic mass is 79.9. The fourth-order valence-corrected chi connectivity index (χ4v) is 1.95. The smallest absolute Gasteiger partial charge is 0.283 e. The third-order valence-corrected chi connectivity index (χ3v) is 3.06. The minimum Gasteiger partial charge on any atom is -0.379 e. The summed E-state index contributed by atoms with van der Waals surface area (Å²) in [6, 6.07) is 4.78. The lowest BCUT2D eigenvalue weighted by Gasteiger charge is -2.06. The van der Waals surface area contributed by atoms with E-state index in [2.05, 4.69) is 31.6 Å². The Labute approximate surface area is 111 Å². The molecule has 1 heterocycles. The number of nitrogens with one attached hydrogen (secondary N) is 1. The van der Waals surface area contributed by atoms with Gasteiger partial charge in [-0.15, -0.1) is 5.10 Å². The number of hydrogen-bond acceptors (Lipinski definition) is 5. The Kier molecular flexibility index (Phi) is 3.56. The molecule has 0 bridgehead atoms. The molecule has 0 saturated carbocycles. The second-order valence-electron chi connectivity index (χ2n) is 3.63. The van der Waals surface area contributed by atoms with Gasteiger partial charge in [-0.05, 0) is 28.1 Å². The van der Waals surface area contributed by atoms with Gasteiger partial charge in [-0.2, -0.15) is 0 Å². The lowest BCUT2D eigenvalue weighted by molar-refractivity contribution is -0.385. The summed E-state index contributed by atoms with van der Waals surface area (Å²) in [5.74, 6) is 0. The molecule has 0 aliphatic carbocycles. The molecule has 0 unspecified atom stereocenters. The lowest BCUT2D eigenvalue weighted by Crippen LogP contribution is -2.05. The maximum Gasteiger partial charge on any atom is 0.283 e. The van der Waals surface area contributed by atoms with Crippen molar-refractivity contribution in [1.82, 2.24) is 15.0 Å². The average molecular weight is 312 g/mol. The van der Waals surface area contributed by atoms with E-state index in [0.29, 0.717) is 11.0 Å². The monoisotopic (exact) mass is 311 g/mol. The predicted octanol–water partition coefficient (Wildman–Crippen LogP) is 2.10. The summed E-state index contributed by atoms with van der Waals surface area (Å²) < 4.78 is 2.11. The zero-order valence-electron chi connectivity index (χ0n) is 9.50. The zero-order chi connectivity index (χ0) is 13.1. The highest BCUT2D eigenvalue weighted by molar-refractivity contribution is 9.10. The molecule has 2 rings (SSSR count). The quantitative estimate of drug-likeness (QED) is 0.690. The molecule has 0 radical (unpaired) electrons. The number of rotatable bonds is 4. The van der Waals surface area contributed by atoms with Crippen molar-refractivity contribution in [2.75, 3.05) is 5.32 Å². The summed E-state index contributed by atoms with van der Waals surface area (Å²) in [7, 11) is 1.80. The fraction of sp³-hybridized carbons (Fsp3) is 0.200. The topological polar surface area (TPSA) is 85.9 Å². The summed E-state index contributed by atoms with van der Waals surface area (Å²) >= 11 is 3.17. The van der Waals surface area contributed by atoms with Crippen LogP contribution in [-0.2, 0) is 13.6 Å². The van der Waals surface area contributed by atoms with E-state index in [0.717, 1.165) is 11.4 Å². The maximum atomic E-state index is 10.7. The summed E-state index contributed by atoms with van der Waals surface area (Å²) in [5.41, 5.74) is 1.75. The first kappa shape index (κ1) is 12.5. The second-order valence-corrected chi connectivity index (χ2v) is 4.48. The molecule has 1 aromatic heterocycles. The summed E-state index contributed by atoms with van der Waals surface area (Å²) in [6.07, 6.45) is 1.66. The predicted molar refractivity (Wildman–Crippen MR) is 69.1 cm³/mol. The largest absolute Gasteiger partial charge is 0.379 e. The Balaban J connectivity index is 2.09. The van der Waals surface area contributed by atoms with Crippen molar-refractivity contribution in [3.63, 3.8) is 0 Å². The lowest BCUT2D eigenvalue weighted by atomic mass is 10.3. The fourth-order valence-electron chi connectivity index (χ4n) is 1.43. The number of benzene rings is 1. The maximum absolute atomic E-state index is 10.7. The van der Waals surface area contributed by atoms with Crippen LogP contribution in [0.2, 0.25) is 0 Å². The van der Waals surface area contributed by atoms with Gasteiger partial charge in [0.25, 0.3) is 5.69 Å². The number of anilines is 1. The van der Waals surface area contributed by atoms with Crippen LogP contribution in [0.15, 0.2) is 28.9 Å². The Morgan fingerprint density at radius 3 is 2.89 bits per heavy atom. The molecule has 1 aromatic carbocycles. The number of nitro groups is 1. The van der Waals surface area contributed by atoms with Crippen molar-refractivity contribution >= 4 is 27.3 Å². The average Bonchev–Trinajstić information content (AvgIpc) is 2.72. The third-order valence-electron chi connectivity index (χ3n) is 2.43. The summed E-state index contributed by atoms with van der Waals surface area (Å²) in [6.45, 7) is 0.549. The Hall–Kier alpha value is -1.96. The second kappa shape index (κ2) is 5.13. The minimum atomic E-state index is -0.432. The van der Waals surface area contributed by atoms with Crippen molar-refractivity contribution in [3.8, 4) is 0 Å². The number of nitrogens with zero attached hydrogens (tertiary/aromatic N) is 4. The number of hydrogen-bond donors (Lipinski definition) is 1. The highest BCUT2D eigenvalue weighted by Crippen LogP contribution is 2.27. The van der Waals surface area contributed by atoms with Crippen LogP contribution >= 0.6 is 15.9 Å². The van der Waals surface area contributed by atoms with Gasteiger partial charge in [0.05, 0.1) is 27.8 Å². The molecule has 94 valence electrons. The first-order chi connectivity index (χ1) is 8.58. The number of nitro benzene ring substituents is 1. The van der Waals surface area contributed by atoms with E-state index in [9.17, 15) is 10.1 Å². The number of halogens is 1. The van der Waals surface area contributed by atoms with Gasteiger partial charge in [-0.1, -0.05) is 5.21 Å². The van der Waals surface area contributed by atoms with E-state index < -0.39 is 4.92 Å². The Morgan fingerprint density at radius 1 is 1.56 bits per heavy atom. The number of aryl methyl sites for hydroxylation is 1. The van der Waals surface area contributed by atoms with Crippen LogP contribution in [0, 0.1) is 10.1 Å². The zero-order valence-corrected chi connectivity index (χ0v) is 11.1. The van der Waals surface area contributed by atoms with E-state index in [-0.39, 0.29) is 5.69 Å². The first-order valence-corrected chi connectivity index (χ1v) is 5.88. The number of aromatic nitrogens is 3. The normalized spacial score (nSPS) is 10.3. The molecular weight excluding hydrogens is 302 g/mol. The van der Waals surface area contributed by atoms with Crippen LogP contribution in [0.1, 0.15) is 5.69 Å². The van der Waals surface area contributed by atoms with Crippen LogP contribution in [0.4, 0.5) is 11.4 Å². The van der Waals surface area contributed by atoms with Crippen molar-refractivity contribution in [2.24, 2.45) is 7.05 Å². The van der Waals surface area contributed by atoms with Crippen molar-refractivity contribution < 1.29 is 4.92 Å². The molecule has 1 N–H and O–H groups in total. The molecule has 8 heteroatoms. The molecule has 18 heavy (non-hydrogen) atoms. The minimum absolute atomic E-state index is 0.0442. The van der Waals surface area contributed by atoms with Crippen molar-refractivity contribution in [3.05, 3.63) is 44.7 Å². The molecule has 0 saturated heterocycles. The van der Waals surface area contributed by atoms with Gasteiger partial charge >= 0.3 is 0 Å². The van der Waals surface area contributed by atoms with Crippen molar-refractivity contribution in [2.45, 2.75) is 6.54 Å². The molecule has 7 nitrogen and oxygen atoms in total. The van der Waals surface area contributed by atoms with Gasteiger partial charge in [0.1, 0.15) is 0 Å². The molecule has 0 spiro atoms. The molecule has 0 aliphatic rings. The van der Waals surface area contributed by atoms with Gasteiger partial charge < -0.3 is 5.32 Å². The molecule has 0 amide bonds. The standard InChI is InChI=1S/C10H10BrN5O2/c1-15-8(6-13-14-15)5-12-7-2-3-10(16(17)18)9(11)4-7/h2-4,6,12H,5H2,1H3. The summed E-state index contributed by atoms with van der Waals surface area (Å²) in [4.78, 5) is 10.2. The van der Waals surface area contributed by atoms with Crippen LogP contribution in [0.25, 0.3) is 0 Å². The summed E-state index contributed by atoms with van der Waals surface area (Å²) in [5, 5.41) is 21.4. The van der Waals surface area contributed by atoms with Gasteiger partial charge in [0.2, 0.25) is 0 Å². The van der Waals surface area contributed by atoms with Gasteiger partial charge in [-0.3, -0.25) is 14.8 Å². The molecule has 0 fully saturated rings. The van der Waals surface area contributed by atoms with E-state index in [1.54, 1.807) is 30.1 Å². The Bertz CT molecular complexity index is 583.